The molecule has 0 aliphatic rings. The number of nitrogens with zero attached hydrogens (tertiary/aromatic N) is 5. The molecule has 0 atom stereocenters. The Bertz CT molecular complexity index is 783. The van der Waals surface area contributed by atoms with Crippen molar-refractivity contribution >= 4 is 22.9 Å². The first-order valence-corrected chi connectivity index (χ1v) is 8.17. The van der Waals surface area contributed by atoms with Gasteiger partial charge in [0.05, 0.1) is 10.7 Å². The Morgan fingerprint density at radius 3 is 2.82 bits per heavy atom. The number of nitrogens with one attached hydrogen (secondary N) is 1. The van der Waals surface area contributed by atoms with Crippen LogP contribution in [0.2, 0.25) is 0 Å². The molecule has 0 aliphatic heterocycles. The molecular weight excluding hydrogens is 296 g/mol. The lowest BCUT2D eigenvalue weighted by Gasteiger charge is -2.14. The Labute approximate surface area is 133 Å². The van der Waals surface area contributed by atoms with Crippen LogP contribution in [0.25, 0.3) is 5.78 Å². The minimum atomic E-state index is 0.108. The zero-order chi connectivity index (χ0) is 15.7. The summed E-state index contributed by atoms with van der Waals surface area (Å²) in [5, 5.41) is 10.9. The number of fused-ring (bicyclic) bond motifs is 1. The highest BCUT2D eigenvalue weighted by molar-refractivity contribution is 7.09. The second kappa shape index (κ2) is 5.64. The fourth-order valence-electron chi connectivity index (χ4n) is 2.12. The quantitative estimate of drug-likeness (QED) is 0.801. The van der Waals surface area contributed by atoms with Gasteiger partial charge in [-0.15, -0.1) is 11.3 Å². The van der Waals surface area contributed by atoms with Crippen LogP contribution in [-0.2, 0) is 11.8 Å². The van der Waals surface area contributed by atoms with E-state index in [0.29, 0.717) is 5.78 Å². The summed E-state index contributed by atoms with van der Waals surface area (Å²) in [5.41, 5.74) is 2.19. The van der Waals surface area contributed by atoms with E-state index in [0.717, 1.165) is 35.2 Å². The molecule has 6 nitrogen and oxygen atoms in total. The summed E-state index contributed by atoms with van der Waals surface area (Å²) >= 11 is 1.72. The molecule has 3 heterocycles. The molecule has 3 rings (SSSR count). The zero-order valence-corrected chi connectivity index (χ0v) is 14.1. The van der Waals surface area contributed by atoms with Crippen molar-refractivity contribution in [2.45, 2.75) is 39.5 Å². The normalized spacial score (nSPS) is 12.0. The third-order valence-electron chi connectivity index (χ3n) is 3.35. The first kappa shape index (κ1) is 14.9. The highest BCUT2D eigenvalue weighted by Crippen LogP contribution is 2.24. The molecule has 3 aromatic rings. The molecule has 22 heavy (non-hydrogen) atoms. The van der Waals surface area contributed by atoms with E-state index in [9.17, 15) is 0 Å². The standard InChI is InChI=1S/C15H20N6S/c1-10-7-12(21-14(19-10)17-9-18-21)16-6-5-13-20-11(8-22-13)15(2,3)4/h7-9,16H,5-6H2,1-4H3. The smallest absolute Gasteiger partial charge is 0.254 e. The summed E-state index contributed by atoms with van der Waals surface area (Å²) in [7, 11) is 0. The Kier molecular flexibility index (Phi) is 3.82. The van der Waals surface area contributed by atoms with Gasteiger partial charge in [0.15, 0.2) is 0 Å². The number of thiazole rings is 1. The van der Waals surface area contributed by atoms with E-state index in [2.05, 4.69) is 46.5 Å². The van der Waals surface area contributed by atoms with Crippen molar-refractivity contribution < 1.29 is 0 Å². The van der Waals surface area contributed by atoms with Crippen LogP contribution in [0.1, 0.15) is 37.2 Å². The Balaban J connectivity index is 1.67. The van der Waals surface area contributed by atoms with Crippen LogP contribution in [0, 0.1) is 6.92 Å². The molecule has 0 aromatic carbocycles. The van der Waals surface area contributed by atoms with E-state index < -0.39 is 0 Å². The van der Waals surface area contributed by atoms with Crippen molar-refractivity contribution in [3.05, 3.63) is 34.2 Å². The average Bonchev–Trinajstić information content (AvgIpc) is 3.06. The van der Waals surface area contributed by atoms with Gasteiger partial charge in [0.1, 0.15) is 12.1 Å². The molecule has 0 bridgehead atoms. The molecule has 3 aromatic heterocycles. The molecule has 0 fully saturated rings. The lowest BCUT2D eigenvalue weighted by molar-refractivity contribution is 0.571. The molecule has 0 aliphatic carbocycles. The topological polar surface area (TPSA) is 68.0 Å². The van der Waals surface area contributed by atoms with E-state index in [-0.39, 0.29) is 5.41 Å². The van der Waals surface area contributed by atoms with Crippen LogP contribution < -0.4 is 5.32 Å². The van der Waals surface area contributed by atoms with Gasteiger partial charge >= 0.3 is 0 Å². The largest absolute Gasteiger partial charge is 0.369 e. The van der Waals surface area contributed by atoms with Crippen LogP contribution in [0.4, 0.5) is 5.82 Å². The maximum atomic E-state index is 4.71. The van der Waals surface area contributed by atoms with Gasteiger partial charge in [0, 0.05) is 35.5 Å². The summed E-state index contributed by atoms with van der Waals surface area (Å²) in [5.74, 6) is 1.53. The van der Waals surface area contributed by atoms with Gasteiger partial charge in [-0.1, -0.05) is 20.8 Å². The number of rotatable bonds is 4. The lowest BCUT2D eigenvalue weighted by Crippen LogP contribution is -2.12. The van der Waals surface area contributed by atoms with Gasteiger partial charge in [-0.05, 0) is 6.92 Å². The maximum absolute atomic E-state index is 4.71. The fraction of sp³-hybridized carbons (Fsp3) is 0.467. The molecule has 0 spiro atoms. The summed E-state index contributed by atoms with van der Waals surface area (Å²) in [6, 6.07) is 1.98. The molecule has 0 amide bonds. The number of anilines is 1. The first-order chi connectivity index (χ1) is 10.4. The van der Waals surface area contributed by atoms with Crippen LogP contribution in [-0.4, -0.2) is 31.1 Å². The van der Waals surface area contributed by atoms with E-state index >= 15 is 0 Å². The third kappa shape index (κ3) is 3.09. The van der Waals surface area contributed by atoms with Crippen molar-refractivity contribution in [2.75, 3.05) is 11.9 Å². The second-order valence-electron chi connectivity index (χ2n) is 6.31. The van der Waals surface area contributed by atoms with Gasteiger partial charge in [0.2, 0.25) is 0 Å². The molecule has 116 valence electrons. The number of hydrogen-bond donors (Lipinski definition) is 1. The number of aromatic nitrogens is 5. The van der Waals surface area contributed by atoms with Crippen LogP contribution in [0.5, 0.6) is 0 Å². The molecule has 0 saturated heterocycles. The molecule has 0 radical (unpaired) electrons. The third-order valence-corrected chi connectivity index (χ3v) is 4.25. The zero-order valence-electron chi connectivity index (χ0n) is 13.3. The van der Waals surface area contributed by atoms with Crippen LogP contribution in [0.3, 0.4) is 0 Å². The Morgan fingerprint density at radius 2 is 2.09 bits per heavy atom. The minimum Gasteiger partial charge on any atom is -0.369 e. The van der Waals surface area contributed by atoms with Crippen LogP contribution in [0.15, 0.2) is 17.8 Å². The second-order valence-corrected chi connectivity index (χ2v) is 7.25. The Hall–Kier alpha value is -2.02. The number of hydrogen-bond acceptors (Lipinski definition) is 6. The summed E-state index contributed by atoms with van der Waals surface area (Å²) in [6.45, 7) is 9.31. The average molecular weight is 316 g/mol. The van der Waals surface area contributed by atoms with Gasteiger partial charge in [-0.2, -0.15) is 14.6 Å². The van der Waals surface area contributed by atoms with Gasteiger partial charge in [0.25, 0.3) is 5.78 Å². The van der Waals surface area contributed by atoms with Crippen molar-refractivity contribution in [3.63, 3.8) is 0 Å². The first-order valence-electron chi connectivity index (χ1n) is 7.29. The van der Waals surface area contributed by atoms with Crippen LogP contribution >= 0.6 is 11.3 Å². The predicted octanol–water partition coefficient (Wildman–Crippen LogP) is 2.84. The monoisotopic (exact) mass is 316 g/mol. The summed E-state index contributed by atoms with van der Waals surface area (Å²) in [4.78, 5) is 13.2. The molecular formula is C15H20N6S. The van der Waals surface area contributed by atoms with Gasteiger partial charge < -0.3 is 5.32 Å². The summed E-state index contributed by atoms with van der Waals surface area (Å²) < 4.78 is 1.72. The van der Waals surface area contributed by atoms with E-state index in [4.69, 9.17) is 4.98 Å². The van der Waals surface area contributed by atoms with E-state index in [1.54, 1.807) is 15.9 Å². The fourth-order valence-corrected chi connectivity index (χ4v) is 3.15. The molecule has 1 N–H and O–H groups in total. The lowest BCUT2D eigenvalue weighted by atomic mass is 9.93. The highest BCUT2D eigenvalue weighted by atomic mass is 32.1. The van der Waals surface area contributed by atoms with E-state index in [1.165, 1.54) is 6.33 Å². The molecule has 0 unspecified atom stereocenters. The minimum absolute atomic E-state index is 0.108. The molecule has 7 heteroatoms. The van der Waals surface area contributed by atoms with Crippen molar-refractivity contribution in [1.29, 1.82) is 0 Å². The van der Waals surface area contributed by atoms with E-state index in [1.807, 2.05) is 13.0 Å². The summed E-state index contributed by atoms with van der Waals surface area (Å²) in [6.07, 6.45) is 2.40. The predicted molar refractivity (Wildman–Crippen MR) is 88.5 cm³/mol. The maximum Gasteiger partial charge on any atom is 0.254 e. The van der Waals surface area contributed by atoms with Gasteiger partial charge in [-0.3, -0.25) is 0 Å². The number of aryl methyl sites for hydroxylation is 1. The Morgan fingerprint density at radius 1 is 1.27 bits per heavy atom. The van der Waals surface area contributed by atoms with Crippen molar-refractivity contribution in [1.82, 2.24) is 24.6 Å². The van der Waals surface area contributed by atoms with Gasteiger partial charge in [-0.25, -0.2) is 9.97 Å². The highest BCUT2D eigenvalue weighted by Gasteiger charge is 2.17. The van der Waals surface area contributed by atoms with Crippen molar-refractivity contribution in [3.8, 4) is 0 Å². The molecule has 0 saturated carbocycles. The van der Waals surface area contributed by atoms with Crippen molar-refractivity contribution in [2.24, 2.45) is 0 Å². The SMILES string of the molecule is Cc1cc(NCCc2nc(C(C)(C)C)cs2)n2ncnc2n1.